The molecule has 0 radical (unpaired) electrons. The zero-order chi connectivity index (χ0) is 34.2. The molecule has 0 bridgehead atoms. The molecule has 4 nitrogen and oxygen atoms in total. The summed E-state index contributed by atoms with van der Waals surface area (Å²) >= 11 is 3.63. The molecule has 0 aliphatic heterocycles. The Morgan fingerprint density at radius 2 is 1.08 bits per heavy atom. The second-order valence-electron chi connectivity index (χ2n) is 16.4. The van der Waals surface area contributed by atoms with E-state index in [1.165, 1.54) is 90.1 Å². The lowest BCUT2D eigenvalue weighted by Gasteiger charge is -2.15. The summed E-state index contributed by atoms with van der Waals surface area (Å²) in [6, 6.07) is 13.7. The minimum Gasteiger partial charge on any atom is -0.336 e. The molecular formula is C43H54N4S2. The lowest BCUT2D eigenvalue weighted by atomic mass is 9.89. The number of rotatable bonds is 10. The van der Waals surface area contributed by atoms with Crippen molar-refractivity contribution in [2.45, 2.75) is 124 Å². The van der Waals surface area contributed by atoms with Gasteiger partial charge in [-0.3, -0.25) is 0 Å². The summed E-state index contributed by atoms with van der Waals surface area (Å²) in [6.45, 7) is 18.0. The third-order valence-electron chi connectivity index (χ3n) is 10.8. The Bertz CT molecular complexity index is 1810. The van der Waals surface area contributed by atoms with Crippen LogP contribution < -0.4 is 10.6 Å². The molecule has 0 amide bonds. The van der Waals surface area contributed by atoms with E-state index in [0.29, 0.717) is 10.8 Å². The first-order chi connectivity index (χ1) is 23.5. The first-order valence-corrected chi connectivity index (χ1v) is 20.2. The SMILES string of the molecule is C=C(CCc1cccc2c1CC(C)(C)C2)Nc1nc2c(s1)CCC2.C=C(CCc1cccc2c1CC(C)(C)C2)Nc1nc2c(s1)CCCC2. The van der Waals surface area contributed by atoms with Crippen molar-refractivity contribution < 1.29 is 0 Å². The van der Waals surface area contributed by atoms with Gasteiger partial charge >= 0.3 is 0 Å². The molecule has 0 saturated heterocycles. The highest BCUT2D eigenvalue weighted by molar-refractivity contribution is 7.16. The maximum Gasteiger partial charge on any atom is 0.187 e. The molecule has 2 heterocycles. The number of hydrogen-bond acceptors (Lipinski definition) is 6. The fraction of sp³-hybridized carbons (Fsp3) is 0.488. The number of aromatic nitrogens is 2. The fourth-order valence-electron chi connectivity index (χ4n) is 8.39. The number of anilines is 2. The van der Waals surface area contributed by atoms with Crippen LogP contribution in [0.3, 0.4) is 0 Å². The predicted octanol–water partition coefficient (Wildman–Crippen LogP) is 11.0. The molecule has 4 aromatic rings. The van der Waals surface area contributed by atoms with E-state index in [1.807, 2.05) is 22.7 Å². The quantitative estimate of drug-likeness (QED) is 0.174. The molecule has 49 heavy (non-hydrogen) atoms. The van der Waals surface area contributed by atoms with Gasteiger partial charge in [0.1, 0.15) is 0 Å². The van der Waals surface area contributed by atoms with Crippen molar-refractivity contribution >= 4 is 32.9 Å². The van der Waals surface area contributed by atoms with E-state index in [0.717, 1.165) is 60.2 Å². The number of benzene rings is 2. The molecular weight excluding hydrogens is 637 g/mol. The van der Waals surface area contributed by atoms with Crippen LogP contribution in [0, 0.1) is 10.8 Å². The summed E-state index contributed by atoms with van der Waals surface area (Å²) in [4.78, 5) is 12.4. The van der Waals surface area contributed by atoms with Crippen LogP contribution in [0.5, 0.6) is 0 Å². The molecule has 2 N–H and O–H groups in total. The normalized spacial score (nSPS) is 17.7. The average molecular weight is 691 g/mol. The number of allylic oxidation sites excluding steroid dienone is 2. The maximum atomic E-state index is 4.77. The van der Waals surface area contributed by atoms with Crippen LogP contribution in [0.15, 0.2) is 61.0 Å². The minimum atomic E-state index is 0.410. The van der Waals surface area contributed by atoms with Gasteiger partial charge in [0.05, 0.1) is 11.4 Å². The summed E-state index contributed by atoms with van der Waals surface area (Å²) in [5.41, 5.74) is 14.9. The summed E-state index contributed by atoms with van der Waals surface area (Å²) in [5.74, 6) is 0. The Hall–Kier alpha value is -3.22. The third-order valence-corrected chi connectivity index (χ3v) is 12.9. The van der Waals surface area contributed by atoms with Crippen molar-refractivity contribution in [2.24, 2.45) is 10.8 Å². The number of thiazole rings is 2. The van der Waals surface area contributed by atoms with E-state index in [4.69, 9.17) is 9.97 Å². The van der Waals surface area contributed by atoms with Crippen LogP contribution in [0.1, 0.15) is 114 Å². The van der Waals surface area contributed by atoms with Gasteiger partial charge in [-0.2, -0.15) is 0 Å². The molecule has 2 aromatic carbocycles. The van der Waals surface area contributed by atoms with Crippen molar-refractivity contribution in [3.05, 3.63) is 115 Å². The number of hydrogen-bond donors (Lipinski definition) is 2. The topological polar surface area (TPSA) is 49.8 Å². The molecule has 6 heteroatoms. The van der Waals surface area contributed by atoms with Crippen molar-refractivity contribution in [2.75, 3.05) is 10.6 Å². The smallest absolute Gasteiger partial charge is 0.187 e. The Morgan fingerprint density at radius 1 is 0.633 bits per heavy atom. The second kappa shape index (κ2) is 14.2. The molecule has 0 atom stereocenters. The van der Waals surface area contributed by atoms with E-state index < -0.39 is 0 Å². The minimum absolute atomic E-state index is 0.410. The first-order valence-electron chi connectivity index (χ1n) is 18.6. The van der Waals surface area contributed by atoms with E-state index in [9.17, 15) is 0 Å². The summed E-state index contributed by atoms with van der Waals surface area (Å²) in [5, 5.41) is 8.97. The Labute approximate surface area is 302 Å². The van der Waals surface area contributed by atoms with Gasteiger partial charge in [0.25, 0.3) is 0 Å². The predicted molar refractivity (Wildman–Crippen MR) is 210 cm³/mol. The van der Waals surface area contributed by atoms with E-state index >= 15 is 0 Å². The molecule has 4 aliphatic rings. The van der Waals surface area contributed by atoms with Gasteiger partial charge in [0.2, 0.25) is 0 Å². The van der Waals surface area contributed by atoms with E-state index in [-0.39, 0.29) is 0 Å². The highest BCUT2D eigenvalue weighted by Gasteiger charge is 2.30. The largest absolute Gasteiger partial charge is 0.336 e. The highest BCUT2D eigenvalue weighted by Crippen LogP contribution is 2.40. The Balaban J connectivity index is 0.000000154. The van der Waals surface area contributed by atoms with Gasteiger partial charge in [0.15, 0.2) is 10.3 Å². The number of fused-ring (bicyclic) bond motifs is 4. The molecule has 0 unspecified atom stereocenters. The molecule has 0 spiro atoms. The Morgan fingerprint density at radius 3 is 1.57 bits per heavy atom. The lowest BCUT2D eigenvalue weighted by molar-refractivity contribution is 0.392. The van der Waals surface area contributed by atoms with Crippen LogP contribution in [0.4, 0.5) is 10.3 Å². The summed E-state index contributed by atoms with van der Waals surface area (Å²) in [7, 11) is 0. The van der Waals surface area contributed by atoms with Gasteiger partial charge in [-0.05, 0) is 141 Å². The number of nitrogens with one attached hydrogen (secondary N) is 2. The van der Waals surface area contributed by atoms with Crippen molar-refractivity contribution in [1.82, 2.24) is 9.97 Å². The standard InChI is InChI=1S/C22H28N2S.C21H26N2S/c1-15(23-21-24-19-9-4-5-10-20(19)25-21)11-12-16-7-6-8-17-13-22(2,3)14-18(16)17;1-14(22-20-23-18-8-5-9-19(18)24-20)10-11-15-6-4-7-16-12-21(2,3)13-17(15)16/h6-8H,1,4-5,9-14H2,2-3H3,(H,23,24);4,6-7H,1,5,8-13H2,2-3H3,(H,22,23). The van der Waals surface area contributed by atoms with Crippen LogP contribution in [0.2, 0.25) is 0 Å². The molecule has 0 saturated carbocycles. The van der Waals surface area contributed by atoms with Crippen LogP contribution in [-0.2, 0) is 64.2 Å². The van der Waals surface area contributed by atoms with Gasteiger partial charge < -0.3 is 10.6 Å². The van der Waals surface area contributed by atoms with E-state index in [1.54, 1.807) is 22.3 Å². The average Bonchev–Trinajstić information content (AvgIpc) is 3.85. The van der Waals surface area contributed by atoms with Crippen LogP contribution in [0.25, 0.3) is 0 Å². The van der Waals surface area contributed by atoms with Crippen LogP contribution >= 0.6 is 22.7 Å². The van der Waals surface area contributed by atoms with Gasteiger partial charge in [-0.1, -0.05) is 77.3 Å². The van der Waals surface area contributed by atoms with Crippen molar-refractivity contribution in [3.63, 3.8) is 0 Å². The van der Waals surface area contributed by atoms with Gasteiger partial charge in [0, 0.05) is 21.1 Å². The molecule has 2 aromatic heterocycles. The highest BCUT2D eigenvalue weighted by atomic mass is 32.1. The fourth-order valence-corrected chi connectivity index (χ4v) is 10.6. The maximum absolute atomic E-state index is 4.77. The van der Waals surface area contributed by atoms with Crippen LogP contribution in [-0.4, -0.2) is 9.97 Å². The molecule has 8 rings (SSSR count). The van der Waals surface area contributed by atoms with E-state index in [2.05, 4.69) is 87.9 Å². The first kappa shape index (κ1) is 34.2. The molecule has 4 aliphatic carbocycles. The van der Waals surface area contributed by atoms with Gasteiger partial charge in [-0.15, -0.1) is 22.7 Å². The summed E-state index contributed by atoms with van der Waals surface area (Å²) < 4.78 is 0. The number of aryl methyl sites for hydroxylation is 6. The Kier molecular flexibility index (Phi) is 9.91. The summed E-state index contributed by atoms with van der Waals surface area (Å²) in [6.07, 6.45) is 17.5. The monoisotopic (exact) mass is 690 g/mol. The van der Waals surface area contributed by atoms with Crippen molar-refractivity contribution in [3.8, 4) is 0 Å². The number of nitrogens with zero attached hydrogens (tertiary/aromatic N) is 2. The second-order valence-corrected chi connectivity index (χ2v) is 18.6. The van der Waals surface area contributed by atoms with Gasteiger partial charge in [-0.25, -0.2) is 9.97 Å². The molecule has 0 fully saturated rings. The van der Waals surface area contributed by atoms with Crippen molar-refractivity contribution in [1.29, 1.82) is 0 Å². The zero-order valence-corrected chi connectivity index (χ0v) is 31.8. The third kappa shape index (κ3) is 8.23. The zero-order valence-electron chi connectivity index (χ0n) is 30.2. The molecule has 258 valence electrons. The lowest BCUT2D eigenvalue weighted by Crippen LogP contribution is -2.10.